The molecule has 2 aromatic heterocycles. The molecule has 20 heavy (non-hydrogen) atoms. The van der Waals surface area contributed by atoms with Crippen molar-refractivity contribution in [1.29, 1.82) is 0 Å². The van der Waals surface area contributed by atoms with Crippen molar-refractivity contribution in [2.24, 2.45) is 0 Å². The highest BCUT2D eigenvalue weighted by Gasteiger charge is 2.21. The Hall–Kier alpha value is -1.20. The zero-order valence-corrected chi connectivity index (χ0v) is 13.6. The number of nitrogens with one attached hydrogen (secondary N) is 1. The summed E-state index contributed by atoms with van der Waals surface area (Å²) in [4.78, 5) is 9.11. The molecule has 0 aliphatic carbocycles. The van der Waals surface area contributed by atoms with Crippen LogP contribution in [0.25, 0.3) is 0 Å². The Balaban J connectivity index is 2.31. The van der Waals surface area contributed by atoms with Crippen molar-refractivity contribution in [1.82, 2.24) is 19.9 Å². The monoisotopic (exact) mass is 292 g/mol. The normalized spacial score (nSPS) is 13.1. The molecule has 0 aromatic carbocycles. The molecule has 2 aromatic rings. The van der Waals surface area contributed by atoms with Crippen LogP contribution in [0.1, 0.15) is 62.5 Å². The van der Waals surface area contributed by atoms with E-state index in [1.54, 1.807) is 11.3 Å². The van der Waals surface area contributed by atoms with Crippen molar-refractivity contribution in [3.05, 3.63) is 34.3 Å². The van der Waals surface area contributed by atoms with Gasteiger partial charge in [-0.1, -0.05) is 27.7 Å². The lowest BCUT2D eigenvalue weighted by molar-refractivity contribution is 0.555. The summed E-state index contributed by atoms with van der Waals surface area (Å²) in [6.07, 6.45) is 4.98. The summed E-state index contributed by atoms with van der Waals surface area (Å²) in [6, 6.07) is 0.145. The first-order valence-corrected chi connectivity index (χ1v) is 8.24. The standard InChI is InChI=1S/C15H24N4S/c1-5-7-19-10-16-8-13(19)14(17-6-2)15-18-12(9-20-15)11(3)4/h8-11,14,17H,5-7H2,1-4H3. The van der Waals surface area contributed by atoms with E-state index in [2.05, 4.69) is 47.9 Å². The lowest BCUT2D eigenvalue weighted by atomic mass is 10.1. The van der Waals surface area contributed by atoms with Crippen molar-refractivity contribution in [2.75, 3.05) is 6.54 Å². The van der Waals surface area contributed by atoms with Gasteiger partial charge in [-0.25, -0.2) is 9.97 Å². The predicted octanol–water partition coefficient (Wildman–Crippen LogP) is 3.57. The van der Waals surface area contributed by atoms with E-state index in [0.29, 0.717) is 5.92 Å². The summed E-state index contributed by atoms with van der Waals surface area (Å²) < 4.78 is 2.23. The Morgan fingerprint density at radius 2 is 2.15 bits per heavy atom. The van der Waals surface area contributed by atoms with Crippen LogP contribution in [0.2, 0.25) is 0 Å². The highest BCUT2D eigenvalue weighted by Crippen LogP contribution is 2.27. The summed E-state index contributed by atoms with van der Waals surface area (Å²) in [5, 5.41) is 6.84. The molecule has 0 saturated heterocycles. The maximum Gasteiger partial charge on any atom is 0.116 e. The molecule has 0 spiro atoms. The molecule has 0 aliphatic rings. The van der Waals surface area contributed by atoms with Gasteiger partial charge in [-0.05, 0) is 18.9 Å². The highest BCUT2D eigenvalue weighted by molar-refractivity contribution is 7.09. The van der Waals surface area contributed by atoms with Crippen LogP contribution in [0.4, 0.5) is 0 Å². The number of aryl methyl sites for hydroxylation is 1. The van der Waals surface area contributed by atoms with Crippen LogP contribution < -0.4 is 5.32 Å². The first-order valence-electron chi connectivity index (χ1n) is 7.36. The van der Waals surface area contributed by atoms with Crippen LogP contribution in [-0.4, -0.2) is 21.1 Å². The summed E-state index contributed by atoms with van der Waals surface area (Å²) in [5.74, 6) is 0.475. The molecule has 0 amide bonds. The molecule has 1 atom stereocenters. The van der Waals surface area contributed by atoms with Crippen molar-refractivity contribution in [2.45, 2.75) is 52.6 Å². The summed E-state index contributed by atoms with van der Waals surface area (Å²) in [7, 11) is 0. The van der Waals surface area contributed by atoms with E-state index in [-0.39, 0.29) is 6.04 Å². The van der Waals surface area contributed by atoms with Crippen LogP contribution in [-0.2, 0) is 6.54 Å². The van der Waals surface area contributed by atoms with Crippen LogP contribution in [0.5, 0.6) is 0 Å². The van der Waals surface area contributed by atoms with Crippen LogP contribution in [0.3, 0.4) is 0 Å². The smallest absolute Gasteiger partial charge is 0.116 e. The highest BCUT2D eigenvalue weighted by atomic mass is 32.1. The number of thiazole rings is 1. The summed E-state index contributed by atoms with van der Waals surface area (Å²) >= 11 is 1.74. The Labute approximate surface area is 125 Å². The lowest BCUT2D eigenvalue weighted by Gasteiger charge is -2.17. The quantitative estimate of drug-likeness (QED) is 0.848. The second-order valence-corrected chi connectivity index (χ2v) is 6.16. The molecule has 1 N–H and O–H groups in total. The van der Waals surface area contributed by atoms with Gasteiger partial charge in [-0.2, -0.15) is 0 Å². The van der Waals surface area contributed by atoms with Crippen LogP contribution in [0.15, 0.2) is 17.9 Å². The predicted molar refractivity (Wildman–Crippen MR) is 84.2 cm³/mol. The Morgan fingerprint density at radius 3 is 2.75 bits per heavy atom. The van der Waals surface area contributed by atoms with Crippen LogP contribution >= 0.6 is 11.3 Å². The molecule has 2 rings (SSSR count). The third kappa shape index (κ3) is 3.27. The van der Waals surface area contributed by atoms with Gasteiger partial charge < -0.3 is 9.88 Å². The van der Waals surface area contributed by atoms with E-state index in [0.717, 1.165) is 24.5 Å². The molecular formula is C15H24N4S. The van der Waals surface area contributed by atoms with E-state index in [4.69, 9.17) is 4.98 Å². The van der Waals surface area contributed by atoms with Gasteiger partial charge in [0.25, 0.3) is 0 Å². The van der Waals surface area contributed by atoms with Gasteiger partial charge in [0.2, 0.25) is 0 Å². The van der Waals surface area contributed by atoms with Crippen molar-refractivity contribution in [3.63, 3.8) is 0 Å². The van der Waals surface area contributed by atoms with Crippen LogP contribution in [0, 0.1) is 0 Å². The average Bonchev–Trinajstić information content (AvgIpc) is 3.05. The fraction of sp³-hybridized carbons (Fsp3) is 0.600. The number of hydrogen-bond donors (Lipinski definition) is 1. The first kappa shape index (κ1) is 15.2. The number of hydrogen-bond acceptors (Lipinski definition) is 4. The minimum atomic E-state index is 0.145. The van der Waals surface area contributed by atoms with E-state index in [1.807, 2.05) is 12.5 Å². The van der Waals surface area contributed by atoms with E-state index < -0.39 is 0 Å². The molecule has 0 radical (unpaired) electrons. The SMILES string of the molecule is CCCn1cncc1C(NCC)c1nc(C(C)C)cs1. The van der Waals surface area contributed by atoms with Gasteiger partial charge in [0.05, 0.1) is 23.9 Å². The molecule has 0 saturated carbocycles. The number of aromatic nitrogens is 3. The zero-order valence-electron chi connectivity index (χ0n) is 12.8. The molecule has 1 unspecified atom stereocenters. The fourth-order valence-electron chi connectivity index (χ4n) is 2.22. The first-order chi connectivity index (χ1) is 9.67. The van der Waals surface area contributed by atoms with Crippen molar-refractivity contribution < 1.29 is 0 Å². The zero-order chi connectivity index (χ0) is 14.5. The van der Waals surface area contributed by atoms with E-state index in [1.165, 1.54) is 11.4 Å². The molecule has 4 nitrogen and oxygen atoms in total. The third-order valence-corrected chi connectivity index (χ3v) is 4.22. The third-order valence-electron chi connectivity index (χ3n) is 3.29. The van der Waals surface area contributed by atoms with Gasteiger partial charge >= 0.3 is 0 Å². The molecule has 2 heterocycles. The molecule has 110 valence electrons. The Bertz CT molecular complexity index is 529. The average molecular weight is 292 g/mol. The molecule has 0 bridgehead atoms. The minimum absolute atomic E-state index is 0.145. The number of rotatable bonds is 7. The second kappa shape index (κ2) is 6.99. The van der Waals surface area contributed by atoms with Crippen molar-refractivity contribution in [3.8, 4) is 0 Å². The largest absolute Gasteiger partial charge is 0.333 e. The number of nitrogens with zero attached hydrogens (tertiary/aromatic N) is 3. The van der Waals surface area contributed by atoms with Gasteiger partial charge in [-0.3, -0.25) is 0 Å². The van der Waals surface area contributed by atoms with E-state index >= 15 is 0 Å². The summed E-state index contributed by atoms with van der Waals surface area (Å²) in [6.45, 7) is 10.6. The minimum Gasteiger partial charge on any atom is -0.333 e. The molecule has 0 fully saturated rings. The van der Waals surface area contributed by atoms with Gasteiger partial charge in [0.1, 0.15) is 11.0 Å². The number of imidazole rings is 1. The Kier molecular flexibility index (Phi) is 5.31. The van der Waals surface area contributed by atoms with E-state index in [9.17, 15) is 0 Å². The molecule has 0 aliphatic heterocycles. The Morgan fingerprint density at radius 1 is 1.35 bits per heavy atom. The van der Waals surface area contributed by atoms with Crippen molar-refractivity contribution >= 4 is 11.3 Å². The second-order valence-electron chi connectivity index (χ2n) is 5.27. The van der Waals surface area contributed by atoms with Gasteiger partial charge in [0.15, 0.2) is 0 Å². The fourth-order valence-corrected chi connectivity index (χ4v) is 3.28. The van der Waals surface area contributed by atoms with Gasteiger partial charge in [-0.15, -0.1) is 11.3 Å². The maximum absolute atomic E-state index is 4.80. The molecule has 5 heteroatoms. The van der Waals surface area contributed by atoms with Gasteiger partial charge in [0, 0.05) is 11.9 Å². The summed E-state index contributed by atoms with van der Waals surface area (Å²) in [5.41, 5.74) is 2.38. The molecular weight excluding hydrogens is 268 g/mol. The maximum atomic E-state index is 4.80. The topological polar surface area (TPSA) is 42.7 Å². The lowest BCUT2D eigenvalue weighted by Crippen LogP contribution is -2.24.